The van der Waals surface area contributed by atoms with Gasteiger partial charge in [0.1, 0.15) is 33.9 Å². The van der Waals surface area contributed by atoms with Crippen LogP contribution in [0.5, 0.6) is 5.75 Å². The fraction of sp³-hybridized carbons (Fsp3) is 0.163. The summed E-state index contributed by atoms with van der Waals surface area (Å²) in [5, 5.41) is 31.7. The van der Waals surface area contributed by atoms with Crippen LogP contribution in [-0.2, 0) is 57.5 Å². The molecule has 8 heterocycles. The average Bonchev–Trinajstić information content (AvgIpc) is 1.66. The summed E-state index contributed by atoms with van der Waals surface area (Å²) in [7, 11) is -13.8. The monoisotopic (exact) mass is 1660 g/mol. The lowest BCUT2D eigenvalue weighted by atomic mass is 9.87. The van der Waals surface area contributed by atoms with E-state index in [9.17, 15) is 38.8 Å². The van der Waals surface area contributed by atoms with Crippen molar-refractivity contribution in [3.63, 3.8) is 0 Å². The molecule has 26 nitrogen and oxygen atoms in total. The van der Waals surface area contributed by atoms with Gasteiger partial charge < -0.3 is 9.84 Å². The second-order valence-electron chi connectivity index (χ2n) is 28.8. The van der Waals surface area contributed by atoms with Crippen molar-refractivity contribution in [1.82, 2.24) is 59.1 Å². The van der Waals surface area contributed by atoms with E-state index in [0.29, 0.717) is 57.4 Å². The Morgan fingerprint density at radius 3 is 0.966 bits per heavy atom. The molecule has 8 aromatic carbocycles. The van der Waals surface area contributed by atoms with E-state index in [1.54, 1.807) is 143 Å². The topological polar surface area (TPSA) is 337 Å². The quantitative estimate of drug-likeness (QED) is 0.0502. The van der Waals surface area contributed by atoms with Gasteiger partial charge in [-0.15, -0.1) is 0 Å². The van der Waals surface area contributed by atoms with Crippen molar-refractivity contribution in [2.24, 2.45) is 0 Å². The van der Waals surface area contributed by atoms with Crippen molar-refractivity contribution in [3.05, 3.63) is 306 Å². The molecule has 0 aliphatic carbocycles. The van der Waals surface area contributed by atoms with Crippen LogP contribution in [0.2, 0.25) is 5.02 Å². The van der Waals surface area contributed by atoms with Gasteiger partial charge in [-0.05, 0) is 228 Å². The molecule has 31 heteroatoms. The second kappa shape index (κ2) is 33.6. The molecule has 598 valence electrons. The number of halogens is 1. The number of hydrogen-bond donors (Lipinski definition) is 5. The Balaban J connectivity index is 0.000000136. The molecule has 117 heavy (non-hydrogen) atoms. The van der Waals surface area contributed by atoms with Crippen molar-refractivity contribution >= 4 is 119 Å². The van der Waals surface area contributed by atoms with Crippen molar-refractivity contribution in [3.8, 4) is 28.5 Å². The molecule has 0 saturated heterocycles. The average molecular weight is 1660 g/mol. The highest BCUT2D eigenvalue weighted by Gasteiger charge is 2.27. The highest BCUT2D eigenvalue weighted by molar-refractivity contribution is 7.93. The summed E-state index contributed by atoms with van der Waals surface area (Å²) in [6.07, 6.45) is 7.72. The van der Waals surface area contributed by atoms with Crippen molar-refractivity contribution < 1.29 is 43.5 Å². The number of hydrogen-bond acceptors (Lipinski definition) is 18. The van der Waals surface area contributed by atoms with E-state index >= 15 is 0 Å². The number of sulfonamides is 4. The normalized spacial score (nSPS) is 11.9. The van der Waals surface area contributed by atoms with Gasteiger partial charge in [0.25, 0.3) is 40.1 Å². The number of benzene rings is 8. The Hall–Kier alpha value is -12.7. The standard InChI is InChI=1S/C23H23ClN4O2S.C22H22N4O3S.C21H20N4O2S.C20H18N4O3S/c1-15-13-22(28(26-15)20-9-5-8-19-17(20)7-6-12-25-19)27-31(29,30)21-11-10-16(14-18(21)24)23(2,3)4;1-15-14-21(25-30(28,29)17-11-9-16(10-12-17)22(2,3)27)26(24-15)20-8-4-7-19-18(20)6-5-13-23-19;1-3-16-9-11-17(12-10-16)28(26,27)24-21-14-15(2)23-25(21)20-8-4-7-19-18(20)6-5-13-22-19;1-14-13-20(23-28(25,26)16-10-8-15(27-2)9-11-16)24(22-14)19-7-3-6-18-17(19)5-4-12-21-18/h5-14,27H,1-4H3;4-14,25,27H,1-3H3;4-14,24H,3H2,1-2H3;3-13,23H,1-2H3. The first-order valence-electron chi connectivity index (χ1n) is 36.8. The summed E-state index contributed by atoms with van der Waals surface area (Å²) in [5.74, 6) is 1.97. The molecule has 0 aliphatic rings. The number of aromatic nitrogens is 12. The van der Waals surface area contributed by atoms with Gasteiger partial charge in [-0.3, -0.25) is 38.8 Å². The molecule has 0 unspecified atom stereocenters. The lowest BCUT2D eigenvalue weighted by Crippen LogP contribution is -2.18. The van der Waals surface area contributed by atoms with E-state index < -0.39 is 45.7 Å². The minimum atomic E-state index is -3.94. The Labute approximate surface area is 683 Å². The molecule has 8 aromatic heterocycles. The summed E-state index contributed by atoms with van der Waals surface area (Å²) in [6, 6.07) is 68.7. The summed E-state index contributed by atoms with van der Waals surface area (Å²) in [5.41, 5.74) is 10.4. The van der Waals surface area contributed by atoms with Crippen LogP contribution in [0.1, 0.15) is 81.0 Å². The zero-order valence-corrected chi connectivity index (χ0v) is 69.6. The smallest absolute Gasteiger partial charge is 0.264 e. The number of rotatable bonds is 19. The molecule has 16 aromatic rings. The minimum absolute atomic E-state index is 0.0205. The van der Waals surface area contributed by atoms with Crippen LogP contribution in [0.3, 0.4) is 0 Å². The molecular weight excluding hydrogens is 1580 g/mol. The van der Waals surface area contributed by atoms with E-state index in [0.717, 1.165) is 83.9 Å². The van der Waals surface area contributed by atoms with E-state index in [4.69, 9.17) is 16.3 Å². The molecule has 0 atom stereocenters. The summed E-state index contributed by atoms with van der Waals surface area (Å²) >= 11 is 6.38. The first-order chi connectivity index (χ1) is 55.7. The van der Waals surface area contributed by atoms with E-state index in [2.05, 4.69) is 59.2 Å². The van der Waals surface area contributed by atoms with Crippen molar-refractivity contribution in [2.45, 2.75) is 106 Å². The predicted octanol–water partition coefficient (Wildman–Crippen LogP) is 16.9. The molecule has 0 amide bonds. The summed E-state index contributed by atoms with van der Waals surface area (Å²) in [4.78, 5) is 17.9. The number of ether oxygens (including phenoxy) is 1. The summed E-state index contributed by atoms with van der Waals surface area (Å²) < 4.78 is 126. The van der Waals surface area contributed by atoms with Gasteiger partial charge in [0, 0.05) is 70.6 Å². The number of methoxy groups -OCH3 is 1. The van der Waals surface area contributed by atoms with Crippen LogP contribution in [0.15, 0.2) is 281 Å². The highest BCUT2D eigenvalue weighted by atomic mass is 35.5. The van der Waals surface area contributed by atoms with Crippen molar-refractivity contribution in [2.75, 3.05) is 26.0 Å². The first kappa shape index (κ1) is 82.3. The minimum Gasteiger partial charge on any atom is -0.497 e. The largest absolute Gasteiger partial charge is 0.497 e. The number of nitrogens with one attached hydrogen (secondary N) is 4. The third-order valence-electron chi connectivity index (χ3n) is 18.7. The Morgan fingerprint density at radius 2 is 0.675 bits per heavy atom. The maximum absolute atomic E-state index is 13.2. The molecule has 0 aliphatic heterocycles. The van der Waals surface area contributed by atoms with Gasteiger partial charge in [-0.2, -0.15) is 20.4 Å². The Bertz CT molecular complexity index is 6630. The molecule has 0 radical (unpaired) electrons. The fourth-order valence-electron chi connectivity index (χ4n) is 12.8. The van der Waals surface area contributed by atoms with E-state index in [1.807, 2.05) is 182 Å². The molecule has 0 saturated carbocycles. The van der Waals surface area contributed by atoms with Gasteiger partial charge in [-0.1, -0.05) is 93.9 Å². The Morgan fingerprint density at radius 1 is 0.376 bits per heavy atom. The molecular formula is C86H83ClN16O10S4. The van der Waals surface area contributed by atoms with Gasteiger partial charge in [0.15, 0.2) is 0 Å². The van der Waals surface area contributed by atoms with Gasteiger partial charge >= 0.3 is 0 Å². The molecule has 16 rings (SSSR count). The molecule has 0 bridgehead atoms. The number of aryl methyl sites for hydroxylation is 5. The number of nitrogens with zero attached hydrogens (tertiary/aromatic N) is 12. The second-order valence-corrected chi connectivity index (χ2v) is 35.9. The van der Waals surface area contributed by atoms with Crippen molar-refractivity contribution in [1.29, 1.82) is 0 Å². The van der Waals surface area contributed by atoms with Crippen LogP contribution in [-0.4, -0.2) is 105 Å². The lowest BCUT2D eigenvalue weighted by molar-refractivity contribution is 0.0785. The fourth-order valence-corrected chi connectivity index (χ4v) is 17.5. The summed E-state index contributed by atoms with van der Waals surface area (Å²) in [6.45, 7) is 18.7. The molecule has 0 spiro atoms. The van der Waals surface area contributed by atoms with Gasteiger partial charge in [-0.25, -0.2) is 52.4 Å². The number of pyridine rings is 4. The van der Waals surface area contributed by atoms with Crippen LogP contribution < -0.4 is 23.6 Å². The predicted molar refractivity (Wildman–Crippen MR) is 458 cm³/mol. The van der Waals surface area contributed by atoms with Crippen LogP contribution in [0.25, 0.3) is 66.4 Å². The van der Waals surface area contributed by atoms with Gasteiger partial charge in [0.2, 0.25) is 0 Å². The van der Waals surface area contributed by atoms with Gasteiger partial charge in [0.05, 0.1) is 100 Å². The Kier molecular flexibility index (Phi) is 23.6. The SMILES string of the molecule is CCc1ccc(S(=O)(=O)Nc2cc(C)nn2-c2cccc3ncccc23)cc1.COc1ccc(S(=O)(=O)Nc2cc(C)nn2-c2cccc3ncccc23)cc1.Cc1cc(NS(=O)(=O)c2ccc(C(C)(C)C)cc2Cl)n(-c2cccc3ncccc23)n1.Cc1cc(NS(=O)(=O)c2ccc(C(C)(C)O)cc2)n(-c2cccc3ncccc23)n1. The van der Waals surface area contributed by atoms with Crippen LogP contribution in [0.4, 0.5) is 23.3 Å². The third-order valence-corrected chi connectivity index (χ3v) is 24.6. The highest BCUT2D eigenvalue weighted by Crippen LogP contribution is 2.35. The number of fused-ring (bicyclic) bond motifs is 4. The maximum atomic E-state index is 13.2. The number of aliphatic hydroxyl groups is 1. The van der Waals surface area contributed by atoms with E-state index in [-0.39, 0.29) is 30.0 Å². The van der Waals surface area contributed by atoms with Crippen LogP contribution >= 0.6 is 11.6 Å². The van der Waals surface area contributed by atoms with E-state index in [1.165, 1.54) is 31.4 Å². The maximum Gasteiger partial charge on any atom is 0.264 e. The molecule has 0 fully saturated rings. The zero-order valence-electron chi connectivity index (χ0n) is 65.5. The number of anilines is 4. The first-order valence-corrected chi connectivity index (χ1v) is 43.1. The van der Waals surface area contributed by atoms with Crippen LogP contribution in [0, 0.1) is 27.7 Å². The zero-order chi connectivity index (χ0) is 83.4. The molecule has 5 N–H and O–H groups in total. The lowest BCUT2D eigenvalue weighted by Gasteiger charge is -2.20. The third kappa shape index (κ3) is 18.7.